The van der Waals surface area contributed by atoms with E-state index in [0.29, 0.717) is 0 Å². The van der Waals surface area contributed by atoms with E-state index in [-0.39, 0.29) is 17.9 Å². The molecule has 0 aromatic heterocycles. The summed E-state index contributed by atoms with van der Waals surface area (Å²) >= 11 is 0. The fourth-order valence-corrected chi connectivity index (χ4v) is 1.51. The zero-order chi connectivity index (χ0) is 7.72. The third kappa shape index (κ3) is 1.36. The molecule has 1 saturated heterocycles. The average molecular weight is 142 g/mol. The molecule has 1 unspecified atom stereocenters. The molecule has 3 heteroatoms. The van der Waals surface area contributed by atoms with Gasteiger partial charge in [-0.15, -0.1) is 0 Å². The van der Waals surface area contributed by atoms with E-state index >= 15 is 0 Å². The topological polar surface area (TPSA) is 46.3 Å². The first-order valence-corrected chi connectivity index (χ1v) is 3.57. The third-order valence-corrected chi connectivity index (χ3v) is 2.05. The highest BCUT2D eigenvalue weighted by Crippen LogP contribution is 2.14. The lowest BCUT2D eigenvalue weighted by Gasteiger charge is -2.14. The van der Waals surface area contributed by atoms with Gasteiger partial charge in [0.1, 0.15) is 5.78 Å². The first-order chi connectivity index (χ1) is 4.61. The quantitative estimate of drug-likeness (QED) is 0.542. The van der Waals surface area contributed by atoms with Gasteiger partial charge in [-0.25, -0.2) is 0 Å². The minimum Gasteiger partial charge on any atom is -0.326 e. The maximum atomic E-state index is 10.9. The first kappa shape index (κ1) is 7.69. The number of likely N-dealkylation sites (N-methyl/N-ethyl adjacent to an activating group) is 1. The number of ketones is 1. The number of carbonyl (C=O) groups is 1. The molecule has 0 aromatic rings. The van der Waals surface area contributed by atoms with Gasteiger partial charge in [0.05, 0.1) is 6.04 Å². The van der Waals surface area contributed by atoms with Crippen LogP contribution < -0.4 is 5.73 Å². The van der Waals surface area contributed by atoms with Crippen molar-refractivity contribution in [2.24, 2.45) is 5.73 Å². The first-order valence-electron chi connectivity index (χ1n) is 3.57. The summed E-state index contributed by atoms with van der Waals surface area (Å²) in [5.41, 5.74) is 5.66. The Hall–Kier alpha value is -0.410. The molecule has 58 valence electrons. The van der Waals surface area contributed by atoms with E-state index in [9.17, 15) is 4.79 Å². The van der Waals surface area contributed by atoms with Gasteiger partial charge in [-0.2, -0.15) is 0 Å². The van der Waals surface area contributed by atoms with Gasteiger partial charge < -0.3 is 5.73 Å². The van der Waals surface area contributed by atoms with Crippen LogP contribution in [0.4, 0.5) is 0 Å². The van der Waals surface area contributed by atoms with Crippen LogP contribution in [0.3, 0.4) is 0 Å². The van der Waals surface area contributed by atoms with Crippen LogP contribution in [0.1, 0.15) is 13.3 Å². The van der Waals surface area contributed by atoms with E-state index in [1.807, 2.05) is 11.9 Å². The maximum Gasteiger partial charge on any atom is 0.146 e. The van der Waals surface area contributed by atoms with Crippen molar-refractivity contribution in [2.75, 3.05) is 13.6 Å². The van der Waals surface area contributed by atoms with Crippen molar-refractivity contribution >= 4 is 5.78 Å². The summed E-state index contributed by atoms with van der Waals surface area (Å²) in [6.45, 7) is 2.48. The lowest BCUT2D eigenvalue weighted by atomic mass is 10.1. The smallest absolute Gasteiger partial charge is 0.146 e. The number of hydrogen-bond donors (Lipinski definition) is 1. The summed E-state index contributed by atoms with van der Waals surface area (Å²) in [6, 6.07) is 0.272. The summed E-state index contributed by atoms with van der Waals surface area (Å²) in [6.07, 6.45) is 0.825. The molecule has 0 saturated carbocycles. The number of Topliss-reactive ketones (excluding diaryl/α,β-unsaturated/α-hetero) is 1. The summed E-state index contributed by atoms with van der Waals surface area (Å²) in [7, 11) is 1.94. The number of carbonyl (C=O) groups excluding carboxylic acids is 1. The lowest BCUT2D eigenvalue weighted by molar-refractivity contribution is -0.120. The standard InChI is InChI=1S/C7H14N2O/c1-5(10)7-3-6(8)4-9(7)2/h6-7H,3-4,8H2,1-2H3/t6?,7-/m0/s1. The van der Waals surface area contributed by atoms with Crippen molar-refractivity contribution in [3.05, 3.63) is 0 Å². The molecule has 1 heterocycles. The number of likely N-dealkylation sites (tertiary alicyclic amines) is 1. The monoisotopic (exact) mass is 142 g/mol. The van der Waals surface area contributed by atoms with Crippen LogP contribution in [0.5, 0.6) is 0 Å². The van der Waals surface area contributed by atoms with E-state index in [4.69, 9.17) is 5.73 Å². The molecule has 1 rings (SSSR count). The van der Waals surface area contributed by atoms with Gasteiger partial charge in [0, 0.05) is 12.6 Å². The summed E-state index contributed by atoms with van der Waals surface area (Å²) in [5.74, 6) is 0.232. The third-order valence-electron chi connectivity index (χ3n) is 2.05. The normalized spacial score (nSPS) is 34.7. The molecule has 2 N–H and O–H groups in total. The predicted molar refractivity (Wildman–Crippen MR) is 39.7 cm³/mol. The van der Waals surface area contributed by atoms with E-state index in [1.54, 1.807) is 6.92 Å². The van der Waals surface area contributed by atoms with Gasteiger partial charge in [0.15, 0.2) is 0 Å². The van der Waals surface area contributed by atoms with Crippen molar-refractivity contribution in [3.63, 3.8) is 0 Å². The predicted octanol–water partition coefficient (Wildman–Crippen LogP) is -0.393. The van der Waals surface area contributed by atoms with Crippen LogP contribution in [-0.4, -0.2) is 36.4 Å². The molecular formula is C7H14N2O. The van der Waals surface area contributed by atoms with E-state index in [1.165, 1.54) is 0 Å². The largest absolute Gasteiger partial charge is 0.326 e. The second-order valence-corrected chi connectivity index (χ2v) is 3.06. The molecule has 0 amide bonds. The lowest BCUT2D eigenvalue weighted by Crippen LogP contribution is -2.31. The molecule has 0 radical (unpaired) electrons. The molecular weight excluding hydrogens is 128 g/mol. The second-order valence-electron chi connectivity index (χ2n) is 3.06. The van der Waals surface area contributed by atoms with Crippen molar-refractivity contribution in [3.8, 4) is 0 Å². The van der Waals surface area contributed by atoms with Gasteiger partial charge in [-0.05, 0) is 20.4 Å². The Balaban J connectivity index is 2.54. The van der Waals surface area contributed by atoms with E-state index < -0.39 is 0 Å². The fourth-order valence-electron chi connectivity index (χ4n) is 1.51. The van der Waals surface area contributed by atoms with Crippen LogP contribution in [0.2, 0.25) is 0 Å². The van der Waals surface area contributed by atoms with Crippen LogP contribution in [0.15, 0.2) is 0 Å². The van der Waals surface area contributed by atoms with Gasteiger partial charge in [-0.1, -0.05) is 0 Å². The number of nitrogens with two attached hydrogens (primary N) is 1. The molecule has 1 aliphatic heterocycles. The minimum atomic E-state index is 0.0787. The molecule has 0 aliphatic carbocycles. The highest BCUT2D eigenvalue weighted by atomic mass is 16.1. The highest BCUT2D eigenvalue weighted by molar-refractivity contribution is 5.81. The number of hydrogen-bond acceptors (Lipinski definition) is 3. The summed E-state index contributed by atoms with van der Waals surface area (Å²) in [5, 5.41) is 0. The maximum absolute atomic E-state index is 10.9. The van der Waals surface area contributed by atoms with Crippen LogP contribution in [0, 0.1) is 0 Å². The fraction of sp³-hybridized carbons (Fsp3) is 0.857. The summed E-state index contributed by atoms with van der Waals surface area (Å²) in [4.78, 5) is 12.9. The van der Waals surface area contributed by atoms with Gasteiger partial charge in [-0.3, -0.25) is 9.69 Å². The van der Waals surface area contributed by atoms with E-state index in [2.05, 4.69) is 0 Å². The Kier molecular flexibility index (Phi) is 2.06. The highest BCUT2D eigenvalue weighted by Gasteiger charge is 2.29. The van der Waals surface area contributed by atoms with Crippen molar-refractivity contribution < 1.29 is 4.79 Å². The Bertz CT molecular complexity index is 147. The van der Waals surface area contributed by atoms with Crippen molar-refractivity contribution in [1.29, 1.82) is 0 Å². The van der Waals surface area contributed by atoms with Crippen molar-refractivity contribution in [1.82, 2.24) is 4.90 Å². The zero-order valence-corrected chi connectivity index (χ0v) is 6.50. The average Bonchev–Trinajstić information content (AvgIpc) is 2.10. The molecule has 0 aromatic carbocycles. The molecule has 0 bridgehead atoms. The van der Waals surface area contributed by atoms with Crippen LogP contribution in [0.25, 0.3) is 0 Å². The summed E-state index contributed by atoms with van der Waals surface area (Å²) < 4.78 is 0. The number of rotatable bonds is 1. The Morgan fingerprint density at radius 3 is 2.50 bits per heavy atom. The second kappa shape index (κ2) is 2.68. The molecule has 1 aliphatic rings. The van der Waals surface area contributed by atoms with Crippen LogP contribution >= 0.6 is 0 Å². The Labute approximate surface area is 61.2 Å². The number of nitrogens with zero attached hydrogens (tertiary/aromatic N) is 1. The van der Waals surface area contributed by atoms with Crippen molar-refractivity contribution in [2.45, 2.75) is 25.4 Å². The molecule has 2 atom stereocenters. The molecule has 0 spiro atoms. The SMILES string of the molecule is CC(=O)[C@@H]1CC(N)CN1C. The van der Waals surface area contributed by atoms with Gasteiger partial charge >= 0.3 is 0 Å². The molecule has 10 heavy (non-hydrogen) atoms. The van der Waals surface area contributed by atoms with Gasteiger partial charge in [0.25, 0.3) is 0 Å². The molecule has 3 nitrogen and oxygen atoms in total. The zero-order valence-electron chi connectivity index (χ0n) is 6.50. The van der Waals surface area contributed by atoms with Crippen LogP contribution in [-0.2, 0) is 4.79 Å². The Morgan fingerprint density at radius 1 is 1.70 bits per heavy atom. The minimum absolute atomic E-state index is 0.0787. The Morgan fingerprint density at radius 2 is 2.30 bits per heavy atom. The van der Waals surface area contributed by atoms with E-state index in [0.717, 1.165) is 13.0 Å². The molecule has 1 fully saturated rings. The van der Waals surface area contributed by atoms with Gasteiger partial charge in [0.2, 0.25) is 0 Å².